The first kappa shape index (κ1) is 10.2. The molecule has 0 aliphatic carbocycles. The first-order valence-corrected chi connectivity index (χ1v) is 1.78. The minimum absolute atomic E-state index is 0. The summed E-state index contributed by atoms with van der Waals surface area (Å²) in [6.45, 7) is 2.90. The Morgan fingerprint density at radius 1 is 1.71 bits per heavy atom. The monoisotopic (exact) mass is 189 g/mol. The molecule has 0 aliphatic heterocycles. The number of nitrogens with one attached hydrogen (secondary N) is 1. The molecule has 0 saturated carbocycles. The maximum Gasteiger partial charge on any atom is 2.00 e. The zero-order valence-electron chi connectivity index (χ0n) is 4.32. The molecule has 0 unspecified atom stereocenters. The maximum absolute atomic E-state index is 9.93. The van der Waals surface area contributed by atoms with Gasteiger partial charge in [0.1, 0.15) is 0 Å². The fourth-order valence-electron chi connectivity index (χ4n) is 0.203. The molecule has 0 atom stereocenters. The Labute approximate surface area is 56.4 Å². The van der Waals surface area contributed by atoms with E-state index in [4.69, 9.17) is 0 Å². The van der Waals surface area contributed by atoms with Crippen molar-refractivity contribution < 1.29 is 24.3 Å². The topological polar surface area (TPSA) is 29.1 Å². The van der Waals surface area contributed by atoms with E-state index in [1.165, 1.54) is 13.5 Å². The van der Waals surface area contributed by atoms with E-state index in [1.54, 1.807) is 7.05 Å². The van der Waals surface area contributed by atoms with Crippen molar-refractivity contribution in [3.05, 3.63) is 6.54 Å². The second kappa shape index (κ2) is 6.12. The van der Waals surface area contributed by atoms with Gasteiger partial charge in [-0.2, -0.15) is 0 Å². The van der Waals surface area contributed by atoms with Crippen molar-refractivity contribution in [1.82, 2.24) is 5.32 Å². The third kappa shape index (κ3) is 10.7. The summed E-state index contributed by atoms with van der Waals surface area (Å²) in [5.41, 5.74) is 0. The van der Waals surface area contributed by atoms with Crippen LogP contribution in [0, 0.1) is 6.54 Å². The van der Waals surface area contributed by atoms with Gasteiger partial charge in [0.25, 0.3) is 0 Å². The van der Waals surface area contributed by atoms with Crippen molar-refractivity contribution in [3.63, 3.8) is 0 Å². The molecule has 1 N–H and O–H groups in total. The van der Waals surface area contributed by atoms with E-state index < -0.39 is 0 Å². The van der Waals surface area contributed by atoms with Gasteiger partial charge in [-0.15, -0.1) is 0 Å². The minimum atomic E-state index is 0. The number of hydrogen-bond donors (Lipinski definition) is 1. The Morgan fingerprint density at radius 2 is 2.14 bits per heavy atom. The van der Waals surface area contributed by atoms with E-state index >= 15 is 0 Å². The van der Waals surface area contributed by atoms with E-state index in [0.717, 1.165) is 0 Å². The number of ketones is 1. The molecule has 3 heteroatoms. The zero-order valence-corrected chi connectivity index (χ0v) is 5.96. The Bertz CT molecular complexity index is 55.7. The molecule has 43 valence electrons. The summed E-state index contributed by atoms with van der Waals surface area (Å²) in [6.07, 6.45) is 0. The van der Waals surface area contributed by atoms with E-state index in [1.807, 2.05) is 0 Å². The second-order valence-electron chi connectivity index (χ2n) is 1.04. The van der Waals surface area contributed by atoms with Gasteiger partial charge in [-0.1, -0.05) is 0 Å². The van der Waals surface area contributed by atoms with Crippen molar-refractivity contribution in [2.45, 2.75) is 6.92 Å². The van der Waals surface area contributed by atoms with Gasteiger partial charge in [-0.3, -0.25) is 6.54 Å². The van der Waals surface area contributed by atoms with Crippen molar-refractivity contribution >= 4 is 5.78 Å². The molecule has 0 amide bonds. The van der Waals surface area contributed by atoms with Crippen LogP contribution in [0.25, 0.3) is 0 Å². The predicted molar refractivity (Wildman–Crippen MR) is 24.0 cm³/mol. The zero-order chi connectivity index (χ0) is 4.99. The average Bonchev–Trinajstić information content (AvgIpc) is 1.35. The summed E-state index contributed by atoms with van der Waals surface area (Å²) < 4.78 is 0. The molecule has 0 aromatic heterocycles. The molecule has 0 rings (SSSR count). The van der Waals surface area contributed by atoms with Crippen molar-refractivity contribution in [2.24, 2.45) is 0 Å². The Kier molecular flexibility index (Phi) is 8.90. The van der Waals surface area contributed by atoms with Crippen molar-refractivity contribution in [3.8, 4) is 0 Å². The fraction of sp³-hybridized carbons (Fsp3) is 0.500. The number of carbonyl (C=O) groups excluding carboxylic acids is 1. The molecule has 0 fully saturated rings. The molecular weight excluding hydrogens is 181 g/mol. The van der Waals surface area contributed by atoms with Crippen LogP contribution >= 0.6 is 0 Å². The standard InChI is InChI=1S/C4H8NO.Rh/c1-4(6)3-5-2;/h3,5H,1-2H3;/q-1;+2. The van der Waals surface area contributed by atoms with Gasteiger partial charge >= 0.3 is 19.5 Å². The van der Waals surface area contributed by atoms with Crippen molar-refractivity contribution in [1.29, 1.82) is 0 Å². The normalized spacial score (nSPS) is 6.57. The van der Waals surface area contributed by atoms with E-state index in [0.29, 0.717) is 0 Å². The fourth-order valence-corrected chi connectivity index (χ4v) is 0.203. The number of hydrogen-bond acceptors (Lipinski definition) is 2. The molecule has 0 aromatic rings. The van der Waals surface area contributed by atoms with E-state index in [2.05, 4.69) is 5.32 Å². The molecule has 0 saturated heterocycles. The van der Waals surface area contributed by atoms with Crippen LogP contribution in [-0.2, 0) is 24.3 Å². The molecule has 0 spiro atoms. The van der Waals surface area contributed by atoms with Gasteiger partial charge in [0, 0.05) is 5.78 Å². The number of Topliss-reactive ketones (excluding diaryl/α,β-unsaturated/α-hetero) is 1. The molecule has 7 heavy (non-hydrogen) atoms. The largest absolute Gasteiger partial charge is 2.00 e. The minimum Gasteiger partial charge on any atom is -0.450 e. The number of likely N-dealkylation sites (N-methyl/N-ethyl adjacent to an activating group) is 1. The molecule has 1 radical (unpaired) electrons. The van der Waals surface area contributed by atoms with Crippen LogP contribution in [0.2, 0.25) is 0 Å². The van der Waals surface area contributed by atoms with Gasteiger partial charge in [0.2, 0.25) is 0 Å². The van der Waals surface area contributed by atoms with Crippen LogP contribution < -0.4 is 5.32 Å². The molecular formula is C4H8NORh+. The maximum atomic E-state index is 9.93. The summed E-state index contributed by atoms with van der Waals surface area (Å²) in [6, 6.07) is 0. The molecule has 0 aliphatic rings. The van der Waals surface area contributed by atoms with E-state index in [-0.39, 0.29) is 25.3 Å². The van der Waals surface area contributed by atoms with Crippen LogP contribution in [0.5, 0.6) is 0 Å². The smallest absolute Gasteiger partial charge is 0.450 e. The van der Waals surface area contributed by atoms with Gasteiger partial charge in [-0.25, -0.2) is 0 Å². The quantitative estimate of drug-likeness (QED) is 0.487. The van der Waals surface area contributed by atoms with Gasteiger partial charge in [0.05, 0.1) is 0 Å². The SMILES string of the molecule is CN[CH-]C(C)=O.[Rh+2]. The number of rotatable bonds is 2. The Balaban J connectivity index is 0. The predicted octanol–water partition coefficient (Wildman–Crippen LogP) is -0.0459. The van der Waals surface area contributed by atoms with Gasteiger partial charge in [0.15, 0.2) is 0 Å². The molecule has 2 nitrogen and oxygen atoms in total. The third-order valence-electron chi connectivity index (χ3n) is 0.348. The molecule has 0 aromatic carbocycles. The summed E-state index contributed by atoms with van der Waals surface area (Å²) >= 11 is 0. The van der Waals surface area contributed by atoms with Crippen LogP contribution in [-0.4, -0.2) is 12.8 Å². The summed E-state index contributed by atoms with van der Waals surface area (Å²) in [5, 5.41) is 2.59. The molecule has 0 bridgehead atoms. The van der Waals surface area contributed by atoms with Crippen LogP contribution in [0.4, 0.5) is 0 Å². The van der Waals surface area contributed by atoms with Gasteiger partial charge in [-0.05, 0) is 14.0 Å². The summed E-state index contributed by atoms with van der Waals surface area (Å²) in [4.78, 5) is 9.93. The third-order valence-corrected chi connectivity index (χ3v) is 0.348. The van der Waals surface area contributed by atoms with Crippen LogP contribution in [0.3, 0.4) is 0 Å². The van der Waals surface area contributed by atoms with Crippen molar-refractivity contribution in [2.75, 3.05) is 7.05 Å². The van der Waals surface area contributed by atoms with Crippen LogP contribution in [0.1, 0.15) is 6.92 Å². The Morgan fingerprint density at radius 3 is 2.14 bits per heavy atom. The Hall–Kier alpha value is 0.123. The number of carbonyl (C=O) groups is 1. The second-order valence-corrected chi connectivity index (χ2v) is 1.04. The van der Waals surface area contributed by atoms with Gasteiger partial charge < -0.3 is 10.1 Å². The first-order chi connectivity index (χ1) is 2.77. The molecule has 0 heterocycles. The van der Waals surface area contributed by atoms with Crippen LogP contribution in [0.15, 0.2) is 0 Å². The summed E-state index contributed by atoms with van der Waals surface area (Å²) in [5.74, 6) is 0.0532. The van der Waals surface area contributed by atoms with E-state index in [9.17, 15) is 4.79 Å². The first-order valence-electron chi connectivity index (χ1n) is 1.78. The summed E-state index contributed by atoms with van der Waals surface area (Å²) in [7, 11) is 1.70. The average molecular weight is 189 g/mol.